The zero-order chi connectivity index (χ0) is 16.5. The maximum Gasteiger partial charge on any atom is 0.224 e. The minimum absolute atomic E-state index is 0.135. The number of nitrogens with one attached hydrogen (secondary N) is 1. The molecule has 4 heteroatoms. The van der Waals surface area contributed by atoms with Gasteiger partial charge in [0, 0.05) is 25.2 Å². The summed E-state index contributed by atoms with van der Waals surface area (Å²) in [4.78, 5) is 17.0. The number of nitrogens with zero attached hydrogens (tertiary/aromatic N) is 2. The molecule has 2 aromatic rings. The molecule has 2 heterocycles. The van der Waals surface area contributed by atoms with Gasteiger partial charge < -0.3 is 9.88 Å². The summed E-state index contributed by atoms with van der Waals surface area (Å²) in [5.74, 6) is 1.28. The van der Waals surface area contributed by atoms with E-state index in [2.05, 4.69) is 39.3 Å². The predicted molar refractivity (Wildman–Crippen MR) is 94.0 cm³/mol. The van der Waals surface area contributed by atoms with Gasteiger partial charge >= 0.3 is 0 Å². The topological polar surface area (TPSA) is 46.9 Å². The van der Waals surface area contributed by atoms with Gasteiger partial charge in [0.2, 0.25) is 5.91 Å². The summed E-state index contributed by atoms with van der Waals surface area (Å²) in [6, 6.07) is 6.81. The van der Waals surface area contributed by atoms with E-state index in [0.717, 1.165) is 42.9 Å². The molecular weight excluding hydrogens is 298 g/mol. The second kappa shape index (κ2) is 6.42. The fourth-order valence-corrected chi connectivity index (χ4v) is 4.06. The van der Waals surface area contributed by atoms with Gasteiger partial charge in [0.15, 0.2) is 0 Å². The molecule has 4 nitrogen and oxygen atoms in total. The Morgan fingerprint density at radius 1 is 1.25 bits per heavy atom. The fraction of sp³-hybridized carbons (Fsp3) is 0.500. The van der Waals surface area contributed by atoms with Crippen LogP contribution >= 0.6 is 0 Å². The normalized spacial score (nSPS) is 19.5. The summed E-state index contributed by atoms with van der Waals surface area (Å²) in [5, 5.41) is 3.21. The molecule has 1 amide bonds. The number of aryl methyl sites for hydroxylation is 4. The first-order valence-corrected chi connectivity index (χ1v) is 9.10. The highest BCUT2D eigenvalue weighted by Crippen LogP contribution is 2.22. The van der Waals surface area contributed by atoms with Crippen molar-refractivity contribution >= 4 is 5.91 Å². The van der Waals surface area contributed by atoms with Crippen molar-refractivity contribution in [2.24, 2.45) is 0 Å². The van der Waals surface area contributed by atoms with Crippen LogP contribution in [0.3, 0.4) is 0 Å². The first-order chi connectivity index (χ1) is 11.7. The number of hydrogen-bond donors (Lipinski definition) is 1. The Labute approximate surface area is 143 Å². The number of amides is 1. The molecule has 1 N–H and O–H groups in total. The number of aromatic nitrogens is 2. The van der Waals surface area contributed by atoms with Gasteiger partial charge in [0.05, 0.1) is 12.1 Å². The number of carbonyl (C=O) groups excluding carboxylic acids is 1. The van der Waals surface area contributed by atoms with Crippen LogP contribution in [0.25, 0.3) is 0 Å². The zero-order valence-corrected chi connectivity index (χ0v) is 14.3. The lowest BCUT2D eigenvalue weighted by atomic mass is 9.90. The second-order valence-corrected chi connectivity index (χ2v) is 7.24. The molecule has 0 unspecified atom stereocenters. The van der Waals surface area contributed by atoms with Crippen LogP contribution in [0.1, 0.15) is 47.5 Å². The first kappa shape index (κ1) is 15.4. The lowest BCUT2D eigenvalue weighted by Crippen LogP contribution is -2.41. The van der Waals surface area contributed by atoms with Crippen molar-refractivity contribution < 1.29 is 4.79 Å². The summed E-state index contributed by atoms with van der Waals surface area (Å²) < 4.78 is 2.18. The molecular formula is C20H25N3O. The van der Waals surface area contributed by atoms with E-state index in [4.69, 9.17) is 0 Å². The van der Waals surface area contributed by atoms with Gasteiger partial charge in [-0.3, -0.25) is 4.79 Å². The van der Waals surface area contributed by atoms with Crippen molar-refractivity contribution in [3.05, 3.63) is 52.6 Å². The SMILES string of the molecule is Cc1cn2c(n1)CC[C@H](NC(=O)Cc1ccc3c(c1)CCCC3)C2. The smallest absolute Gasteiger partial charge is 0.224 e. The third kappa shape index (κ3) is 3.23. The highest BCUT2D eigenvalue weighted by Gasteiger charge is 2.21. The Hall–Kier alpha value is -2.10. The van der Waals surface area contributed by atoms with Crippen LogP contribution in [0.2, 0.25) is 0 Å². The number of carbonyl (C=O) groups is 1. The van der Waals surface area contributed by atoms with E-state index in [-0.39, 0.29) is 11.9 Å². The Kier molecular flexibility index (Phi) is 4.13. The van der Waals surface area contributed by atoms with Crippen LogP contribution in [-0.2, 0) is 37.0 Å². The van der Waals surface area contributed by atoms with Crippen LogP contribution in [0.15, 0.2) is 24.4 Å². The van der Waals surface area contributed by atoms with E-state index in [9.17, 15) is 4.79 Å². The molecule has 0 bridgehead atoms. The monoisotopic (exact) mass is 323 g/mol. The van der Waals surface area contributed by atoms with E-state index in [0.29, 0.717) is 6.42 Å². The molecule has 24 heavy (non-hydrogen) atoms. The largest absolute Gasteiger partial charge is 0.351 e. The molecule has 0 saturated carbocycles. The van der Waals surface area contributed by atoms with Crippen molar-refractivity contribution in [1.82, 2.24) is 14.9 Å². The molecule has 0 radical (unpaired) electrons. The van der Waals surface area contributed by atoms with E-state index in [1.807, 2.05) is 6.92 Å². The molecule has 126 valence electrons. The van der Waals surface area contributed by atoms with E-state index >= 15 is 0 Å². The lowest BCUT2D eigenvalue weighted by molar-refractivity contribution is -0.121. The molecule has 4 rings (SSSR count). The van der Waals surface area contributed by atoms with Gasteiger partial charge in [-0.15, -0.1) is 0 Å². The van der Waals surface area contributed by atoms with E-state index in [1.165, 1.54) is 30.4 Å². The molecule has 0 fully saturated rings. The van der Waals surface area contributed by atoms with Gasteiger partial charge in [-0.05, 0) is 55.7 Å². The molecule has 1 aliphatic carbocycles. The average molecular weight is 323 g/mol. The van der Waals surface area contributed by atoms with Crippen molar-refractivity contribution in [2.75, 3.05) is 0 Å². The average Bonchev–Trinajstić information content (AvgIpc) is 2.94. The molecule has 0 saturated heterocycles. The Bertz CT molecular complexity index is 762. The van der Waals surface area contributed by atoms with Crippen LogP contribution in [-0.4, -0.2) is 21.5 Å². The summed E-state index contributed by atoms with van der Waals surface area (Å²) in [7, 11) is 0. The van der Waals surface area contributed by atoms with E-state index in [1.54, 1.807) is 0 Å². The molecule has 0 spiro atoms. The summed E-state index contributed by atoms with van der Waals surface area (Å²) in [5.41, 5.74) is 5.12. The Morgan fingerprint density at radius 2 is 2.08 bits per heavy atom. The van der Waals surface area contributed by atoms with E-state index < -0.39 is 0 Å². The van der Waals surface area contributed by atoms with Gasteiger partial charge in [0.25, 0.3) is 0 Å². The van der Waals surface area contributed by atoms with Crippen LogP contribution < -0.4 is 5.32 Å². The molecule has 1 aromatic heterocycles. The molecule has 1 aliphatic heterocycles. The third-order valence-electron chi connectivity index (χ3n) is 5.26. The lowest BCUT2D eigenvalue weighted by Gasteiger charge is -2.25. The fourth-order valence-electron chi connectivity index (χ4n) is 4.06. The maximum atomic E-state index is 12.4. The predicted octanol–water partition coefficient (Wildman–Crippen LogP) is 2.74. The van der Waals surface area contributed by atoms with Crippen molar-refractivity contribution in [3.8, 4) is 0 Å². The number of rotatable bonds is 3. The first-order valence-electron chi connectivity index (χ1n) is 9.10. The van der Waals surface area contributed by atoms with Crippen LogP contribution in [0, 0.1) is 6.92 Å². The number of imidazole rings is 1. The minimum atomic E-state index is 0.135. The molecule has 1 aromatic carbocycles. The molecule has 2 aliphatic rings. The van der Waals surface area contributed by atoms with Crippen LogP contribution in [0.5, 0.6) is 0 Å². The van der Waals surface area contributed by atoms with Crippen molar-refractivity contribution in [2.45, 2.75) is 64.5 Å². The summed E-state index contributed by atoms with van der Waals surface area (Å²) >= 11 is 0. The standard InChI is InChI=1S/C20H25N3O/c1-14-12-23-13-18(8-9-19(23)21-14)22-20(24)11-15-6-7-16-4-2-3-5-17(16)10-15/h6-7,10,12,18H,2-5,8-9,11,13H2,1H3,(H,22,24)/t18-/m0/s1. The van der Waals surface area contributed by atoms with Crippen LogP contribution in [0.4, 0.5) is 0 Å². The third-order valence-corrected chi connectivity index (χ3v) is 5.26. The number of benzene rings is 1. The zero-order valence-electron chi connectivity index (χ0n) is 14.3. The summed E-state index contributed by atoms with van der Waals surface area (Å²) in [6.45, 7) is 2.86. The Morgan fingerprint density at radius 3 is 2.96 bits per heavy atom. The number of fused-ring (bicyclic) bond motifs is 2. The second-order valence-electron chi connectivity index (χ2n) is 7.24. The summed E-state index contributed by atoms with van der Waals surface area (Å²) in [6.07, 6.45) is 9.41. The maximum absolute atomic E-state index is 12.4. The molecule has 1 atom stereocenters. The quantitative estimate of drug-likeness (QED) is 0.944. The number of hydrogen-bond acceptors (Lipinski definition) is 2. The van der Waals surface area contributed by atoms with Crippen molar-refractivity contribution in [3.63, 3.8) is 0 Å². The van der Waals surface area contributed by atoms with Gasteiger partial charge in [-0.25, -0.2) is 4.98 Å². The Balaban J connectivity index is 1.37. The van der Waals surface area contributed by atoms with Gasteiger partial charge in [-0.2, -0.15) is 0 Å². The van der Waals surface area contributed by atoms with Gasteiger partial charge in [0.1, 0.15) is 5.82 Å². The highest BCUT2D eigenvalue weighted by atomic mass is 16.1. The van der Waals surface area contributed by atoms with Gasteiger partial charge in [-0.1, -0.05) is 18.2 Å². The van der Waals surface area contributed by atoms with Crippen molar-refractivity contribution in [1.29, 1.82) is 0 Å². The highest BCUT2D eigenvalue weighted by molar-refractivity contribution is 5.79. The minimum Gasteiger partial charge on any atom is -0.351 e.